The van der Waals surface area contributed by atoms with Gasteiger partial charge < -0.3 is 15.0 Å². The summed E-state index contributed by atoms with van der Waals surface area (Å²) in [6.07, 6.45) is 0.945. The maximum absolute atomic E-state index is 12.5. The van der Waals surface area contributed by atoms with E-state index in [1.807, 2.05) is 24.3 Å². The highest BCUT2D eigenvalue weighted by molar-refractivity contribution is 5.95. The van der Waals surface area contributed by atoms with Crippen LogP contribution in [0, 0.1) is 0 Å². The first-order chi connectivity index (χ1) is 10.00. The number of nitrogens with one attached hydrogen (secondary N) is 1. The van der Waals surface area contributed by atoms with Crippen LogP contribution in [0.25, 0.3) is 0 Å². The molecule has 5 nitrogen and oxygen atoms in total. The molecule has 1 atom stereocenters. The lowest BCUT2D eigenvalue weighted by Crippen LogP contribution is -2.58. The van der Waals surface area contributed by atoms with Gasteiger partial charge in [0.25, 0.3) is 11.8 Å². The molecule has 0 radical (unpaired) electrons. The molecule has 0 spiro atoms. The van der Waals surface area contributed by atoms with Crippen LogP contribution in [0.1, 0.15) is 29.8 Å². The SMILES string of the molecule is CCc1ccc(C(=O)N2CCOC(C)(C(=O)NC)C2)cc1. The normalized spacial score (nSPS) is 22.0. The van der Waals surface area contributed by atoms with E-state index in [4.69, 9.17) is 4.74 Å². The molecule has 1 aromatic rings. The smallest absolute Gasteiger partial charge is 0.254 e. The number of likely N-dealkylation sites (N-methyl/N-ethyl adjacent to an activating group) is 1. The fraction of sp³-hybridized carbons (Fsp3) is 0.500. The quantitative estimate of drug-likeness (QED) is 0.911. The van der Waals surface area contributed by atoms with Crippen LogP contribution in [0.2, 0.25) is 0 Å². The van der Waals surface area contributed by atoms with Gasteiger partial charge in [0.05, 0.1) is 13.2 Å². The van der Waals surface area contributed by atoms with E-state index >= 15 is 0 Å². The van der Waals surface area contributed by atoms with Crippen LogP contribution in [0.3, 0.4) is 0 Å². The lowest BCUT2D eigenvalue weighted by atomic mass is 10.0. The van der Waals surface area contributed by atoms with Crippen molar-refractivity contribution in [2.45, 2.75) is 25.9 Å². The third-order valence-corrected chi connectivity index (χ3v) is 3.88. The van der Waals surface area contributed by atoms with Gasteiger partial charge in [0.2, 0.25) is 0 Å². The van der Waals surface area contributed by atoms with Gasteiger partial charge in [0, 0.05) is 19.2 Å². The van der Waals surface area contributed by atoms with E-state index < -0.39 is 5.60 Å². The van der Waals surface area contributed by atoms with E-state index in [-0.39, 0.29) is 18.4 Å². The zero-order valence-corrected chi connectivity index (χ0v) is 12.8. The molecule has 0 aliphatic carbocycles. The van der Waals surface area contributed by atoms with Gasteiger partial charge in [-0.25, -0.2) is 0 Å². The molecule has 1 fully saturated rings. The molecule has 1 aromatic carbocycles. The minimum absolute atomic E-state index is 0.0592. The Hall–Kier alpha value is -1.88. The Labute approximate surface area is 125 Å². The third kappa shape index (κ3) is 3.24. The van der Waals surface area contributed by atoms with Crippen molar-refractivity contribution in [2.75, 3.05) is 26.7 Å². The van der Waals surface area contributed by atoms with Crippen LogP contribution < -0.4 is 5.32 Å². The van der Waals surface area contributed by atoms with E-state index in [2.05, 4.69) is 12.2 Å². The Morgan fingerprint density at radius 2 is 2.00 bits per heavy atom. The van der Waals surface area contributed by atoms with Crippen molar-refractivity contribution in [1.82, 2.24) is 10.2 Å². The first kappa shape index (κ1) is 15.5. The highest BCUT2D eigenvalue weighted by Gasteiger charge is 2.40. The molecule has 0 saturated carbocycles. The summed E-state index contributed by atoms with van der Waals surface area (Å²) in [6.45, 7) is 4.92. The summed E-state index contributed by atoms with van der Waals surface area (Å²) in [5.74, 6) is -0.266. The standard InChI is InChI=1S/C16H22N2O3/c1-4-12-5-7-13(8-6-12)14(19)18-9-10-21-16(2,11-18)15(20)17-3/h5-8H,4,9-11H2,1-3H3,(H,17,20). The third-order valence-electron chi connectivity index (χ3n) is 3.88. The van der Waals surface area contributed by atoms with Crippen LogP contribution >= 0.6 is 0 Å². The molecule has 0 aromatic heterocycles. The molecule has 2 amide bonds. The first-order valence-corrected chi connectivity index (χ1v) is 7.24. The molecule has 114 valence electrons. The molecule has 21 heavy (non-hydrogen) atoms. The molecule has 1 N–H and O–H groups in total. The Kier molecular flexibility index (Phi) is 4.63. The Morgan fingerprint density at radius 1 is 1.33 bits per heavy atom. The summed E-state index contributed by atoms with van der Waals surface area (Å²) >= 11 is 0. The van der Waals surface area contributed by atoms with Gasteiger partial charge in [-0.3, -0.25) is 9.59 Å². The highest BCUT2D eigenvalue weighted by Crippen LogP contribution is 2.20. The van der Waals surface area contributed by atoms with Gasteiger partial charge in [-0.1, -0.05) is 19.1 Å². The molecule has 1 saturated heterocycles. The van der Waals surface area contributed by atoms with Crippen molar-refractivity contribution in [3.8, 4) is 0 Å². The maximum Gasteiger partial charge on any atom is 0.254 e. The minimum atomic E-state index is -0.980. The number of hydrogen-bond acceptors (Lipinski definition) is 3. The fourth-order valence-corrected chi connectivity index (χ4v) is 2.51. The number of ether oxygens (including phenoxy) is 1. The number of nitrogens with zero attached hydrogens (tertiary/aromatic N) is 1. The number of aryl methyl sites for hydroxylation is 1. The zero-order chi connectivity index (χ0) is 15.5. The second kappa shape index (κ2) is 6.26. The number of benzene rings is 1. The van der Waals surface area contributed by atoms with E-state index in [1.54, 1.807) is 18.9 Å². The molecule has 0 bridgehead atoms. The van der Waals surface area contributed by atoms with Crippen molar-refractivity contribution in [1.29, 1.82) is 0 Å². The van der Waals surface area contributed by atoms with Crippen molar-refractivity contribution in [2.24, 2.45) is 0 Å². The molecule has 1 heterocycles. The van der Waals surface area contributed by atoms with Crippen LogP contribution in [-0.2, 0) is 16.0 Å². The van der Waals surface area contributed by atoms with E-state index in [0.717, 1.165) is 6.42 Å². The average Bonchev–Trinajstić information content (AvgIpc) is 2.53. The molecule has 1 aliphatic rings. The molecule has 1 unspecified atom stereocenters. The number of carbonyl (C=O) groups is 2. The summed E-state index contributed by atoms with van der Waals surface area (Å²) in [5.41, 5.74) is 0.864. The van der Waals surface area contributed by atoms with Crippen molar-refractivity contribution >= 4 is 11.8 Å². The first-order valence-electron chi connectivity index (χ1n) is 7.24. The summed E-state index contributed by atoms with van der Waals surface area (Å²) in [5, 5.41) is 2.59. The van der Waals surface area contributed by atoms with Gasteiger partial charge in [0.1, 0.15) is 0 Å². The second-order valence-electron chi connectivity index (χ2n) is 5.44. The van der Waals surface area contributed by atoms with E-state index in [1.165, 1.54) is 5.56 Å². The monoisotopic (exact) mass is 290 g/mol. The van der Waals surface area contributed by atoms with E-state index in [0.29, 0.717) is 18.7 Å². The number of morpholine rings is 1. The molecule has 2 rings (SSSR count). The lowest BCUT2D eigenvalue weighted by molar-refractivity contribution is -0.153. The van der Waals surface area contributed by atoms with Gasteiger partial charge in [-0.05, 0) is 31.0 Å². The largest absolute Gasteiger partial charge is 0.362 e. The second-order valence-corrected chi connectivity index (χ2v) is 5.44. The summed E-state index contributed by atoms with van der Waals surface area (Å²) in [7, 11) is 1.57. The summed E-state index contributed by atoms with van der Waals surface area (Å²) < 4.78 is 5.56. The van der Waals surface area contributed by atoms with Crippen LogP contribution in [0.4, 0.5) is 0 Å². The zero-order valence-electron chi connectivity index (χ0n) is 12.8. The van der Waals surface area contributed by atoms with E-state index in [9.17, 15) is 9.59 Å². The van der Waals surface area contributed by atoms with Gasteiger partial charge >= 0.3 is 0 Å². The summed E-state index contributed by atoms with van der Waals surface area (Å²) in [4.78, 5) is 26.1. The number of amides is 2. The van der Waals surface area contributed by atoms with Crippen LogP contribution in [-0.4, -0.2) is 49.1 Å². The Balaban J connectivity index is 2.13. The minimum Gasteiger partial charge on any atom is -0.362 e. The van der Waals surface area contributed by atoms with Gasteiger partial charge in [-0.2, -0.15) is 0 Å². The van der Waals surface area contributed by atoms with Gasteiger partial charge in [-0.15, -0.1) is 0 Å². The number of rotatable bonds is 3. The van der Waals surface area contributed by atoms with Crippen LogP contribution in [0.15, 0.2) is 24.3 Å². The van der Waals surface area contributed by atoms with Crippen molar-refractivity contribution in [3.05, 3.63) is 35.4 Å². The predicted octanol–water partition coefficient (Wildman–Crippen LogP) is 1.23. The van der Waals surface area contributed by atoms with Crippen molar-refractivity contribution < 1.29 is 14.3 Å². The maximum atomic E-state index is 12.5. The predicted molar refractivity (Wildman–Crippen MR) is 80.1 cm³/mol. The summed E-state index contributed by atoms with van der Waals surface area (Å²) in [6, 6.07) is 7.61. The van der Waals surface area contributed by atoms with Crippen molar-refractivity contribution in [3.63, 3.8) is 0 Å². The molecule has 5 heteroatoms. The number of hydrogen-bond donors (Lipinski definition) is 1. The fourth-order valence-electron chi connectivity index (χ4n) is 2.51. The molecular weight excluding hydrogens is 268 g/mol. The Bertz CT molecular complexity index is 527. The lowest BCUT2D eigenvalue weighted by Gasteiger charge is -2.39. The Morgan fingerprint density at radius 3 is 2.57 bits per heavy atom. The van der Waals surface area contributed by atoms with Crippen LogP contribution in [0.5, 0.6) is 0 Å². The average molecular weight is 290 g/mol. The number of carbonyl (C=O) groups excluding carboxylic acids is 2. The van der Waals surface area contributed by atoms with Gasteiger partial charge in [0.15, 0.2) is 5.60 Å². The molecule has 1 aliphatic heterocycles. The topological polar surface area (TPSA) is 58.6 Å². The highest BCUT2D eigenvalue weighted by atomic mass is 16.5. The molecular formula is C16H22N2O3.